The highest BCUT2D eigenvalue weighted by Gasteiger charge is 2.20. The molecule has 2 aromatic heterocycles. The van der Waals surface area contributed by atoms with Crippen LogP contribution in [0.25, 0.3) is 10.9 Å². The zero-order valence-corrected chi connectivity index (χ0v) is 12.2. The van der Waals surface area contributed by atoms with E-state index in [-0.39, 0.29) is 11.9 Å². The number of aromatic amines is 1. The number of carbonyl (C=O) groups excluding carboxylic acids is 1. The highest BCUT2D eigenvalue weighted by atomic mass is 16.1. The van der Waals surface area contributed by atoms with Crippen molar-refractivity contribution in [3.05, 3.63) is 54.2 Å². The molecule has 1 aliphatic heterocycles. The summed E-state index contributed by atoms with van der Waals surface area (Å²) in [4.78, 5) is 19.8. The number of amides is 1. The van der Waals surface area contributed by atoms with Crippen LogP contribution < -0.4 is 5.32 Å². The molecule has 112 valence electrons. The molecule has 1 amide bonds. The summed E-state index contributed by atoms with van der Waals surface area (Å²) in [6.07, 6.45) is 8.02. The number of aromatic nitrogens is 3. The number of rotatable bonds is 3. The van der Waals surface area contributed by atoms with Gasteiger partial charge in [0.15, 0.2) is 0 Å². The molecular formula is C17H18N4O. The second kappa shape index (κ2) is 5.33. The van der Waals surface area contributed by atoms with E-state index < -0.39 is 0 Å². The van der Waals surface area contributed by atoms with Gasteiger partial charge in [0, 0.05) is 48.5 Å². The largest absolute Gasteiger partial charge is 0.361 e. The fourth-order valence-electron chi connectivity index (χ4n) is 3.21. The first kappa shape index (κ1) is 13.1. The molecule has 0 fully saturated rings. The van der Waals surface area contributed by atoms with Crippen LogP contribution in [0.15, 0.2) is 42.9 Å². The summed E-state index contributed by atoms with van der Waals surface area (Å²) in [6, 6.07) is 8.26. The minimum absolute atomic E-state index is 0.0818. The zero-order valence-electron chi connectivity index (χ0n) is 12.2. The van der Waals surface area contributed by atoms with Crippen molar-refractivity contribution >= 4 is 16.8 Å². The minimum atomic E-state index is 0.0818. The van der Waals surface area contributed by atoms with Crippen LogP contribution in [0.3, 0.4) is 0 Å². The Morgan fingerprint density at radius 3 is 3.27 bits per heavy atom. The van der Waals surface area contributed by atoms with E-state index in [9.17, 15) is 4.79 Å². The van der Waals surface area contributed by atoms with Gasteiger partial charge in [0.05, 0.1) is 6.42 Å². The number of hydrogen-bond donors (Lipinski definition) is 2. The SMILES string of the molecule is O=C(Cc1c[nH]c2ccccc12)N[C@@H]1CCc2nccn2C1. The van der Waals surface area contributed by atoms with Crippen LogP contribution in [-0.2, 0) is 24.2 Å². The predicted molar refractivity (Wildman–Crippen MR) is 84.5 cm³/mol. The van der Waals surface area contributed by atoms with Gasteiger partial charge in [0.1, 0.15) is 5.82 Å². The maximum atomic E-state index is 12.3. The third kappa shape index (κ3) is 2.39. The second-order valence-corrected chi connectivity index (χ2v) is 5.84. The van der Waals surface area contributed by atoms with Gasteiger partial charge in [-0.25, -0.2) is 4.98 Å². The lowest BCUT2D eigenvalue weighted by Gasteiger charge is -2.24. The molecule has 1 aromatic carbocycles. The number of hydrogen-bond acceptors (Lipinski definition) is 2. The van der Waals surface area contributed by atoms with Crippen molar-refractivity contribution in [3.63, 3.8) is 0 Å². The van der Waals surface area contributed by atoms with Crippen molar-refractivity contribution in [1.29, 1.82) is 0 Å². The Balaban J connectivity index is 1.43. The Morgan fingerprint density at radius 1 is 1.41 bits per heavy atom. The number of carbonyl (C=O) groups is 1. The van der Waals surface area contributed by atoms with Crippen molar-refractivity contribution in [2.24, 2.45) is 0 Å². The molecule has 5 heteroatoms. The first-order chi connectivity index (χ1) is 10.8. The fraction of sp³-hybridized carbons (Fsp3) is 0.294. The highest BCUT2D eigenvalue weighted by molar-refractivity contribution is 5.88. The van der Waals surface area contributed by atoms with Crippen molar-refractivity contribution < 1.29 is 4.79 Å². The maximum Gasteiger partial charge on any atom is 0.224 e. The van der Waals surface area contributed by atoms with Gasteiger partial charge in [-0.15, -0.1) is 0 Å². The standard InChI is InChI=1S/C17H18N4O/c22-17(9-12-10-19-15-4-2-1-3-14(12)15)20-13-5-6-16-18-7-8-21(16)11-13/h1-4,7-8,10,13,19H,5-6,9,11H2,(H,20,22)/t13-/m1/s1. The van der Waals surface area contributed by atoms with Crippen LogP contribution in [0.1, 0.15) is 17.8 Å². The van der Waals surface area contributed by atoms with E-state index in [1.165, 1.54) is 0 Å². The Bertz CT molecular complexity index is 817. The monoisotopic (exact) mass is 294 g/mol. The molecule has 4 rings (SSSR count). The number of aryl methyl sites for hydroxylation is 1. The smallest absolute Gasteiger partial charge is 0.224 e. The molecule has 1 atom stereocenters. The lowest BCUT2D eigenvalue weighted by atomic mass is 10.1. The van der Waals surface area contributed by atoms with Gasteiger partial charge < -0.3 is 14.9 Å². The Labute approximate surface area is 128 Å². The molecule has 0 bridgehead atoms. The Hall–Kier alpha value is -2.56. The maximum absolute atomic E-state index is 12.3. The number of para-hydroxylation sites is 1. The second-order valence-electron chi connectivity index (χ2n) is 5.84. The van der Waals surface area contributed by atoms with E-state index in [0.717, 1.165) is 41.7 Å². The van der Waals surface area contributed by atoms with Gasteiger partial charge in [0.25, 0.3) is 0 Å². The summed E-state index contributed by atoms with van der Waals surface area (Å²) in [5, 5.41) is 4.27. The average molecular weight is 294 g/mol. The topological polar surface area (TPSA) is 62.7 Å². The molecule has 0 unspecified atom stereocenters. The van der Waals surface area contributed by atoms with Crippen LogP contribution >= 0.6 is 0 Å². The van der Waals surface area contributed by atoms with Gasteiger partial charge in [-0.2, -0.15) is 0 Å². The molecular weight excluding hydrogens is 276 g/mol. The summed E-state index contributed by atoms with van der Waals surface area (Å²) >= 11 is 0. The summed E-state index contributed by atoms with van der Waals surface area (Å²) in [6.45, 7) is 0.814. The number of imidazole rings is 1. The zero-order chi connectivity index (χ0) is 14.9. The van der Waals surface area contributed by atoms with Gasteiger partial charge in [-0.05, 0) is 18.1 Å². The van der Waals surface area contributed by atoms with Crippen molar-refractivity contribution in [1.82, 2.24) is 19.9 Å². The molecule has 0 saturated heterocycles. The van der Waals surface area contributed by atoms with Crippen molar-refractivity contribution in [2.45, 2.75) is 31.8 Å². The molecule has 0 aliphatic carbocycles. The summed E-state index contributed by atoms with van der Waals surface area (Å²) in [5.74, 6) is 1.19. The lowest BCUT2D eigenvalue weighted by molar-refractivity contribution is -0.121. The molecule has 0 spiro atoms. The summed E-state index contributed by atoms with van der Waals surface area (Å²) in [7, 11) is 0. The predicted octanol–water partition coefficient (Wildman–Crippen LogP) is 2.04. The Kier molecular flexibility index (Phi) is 3.18. The number of H-pyrrole nitrogens is 1. The first-order valence-electron chi connectivity index (χ1n) is 7.64. The van der Waals surface area contributed by atoms with Crippen LogP contribution in [-0.4, -0.2) is 26.5 Å². The number of fused-ring (bicyclic) bond motifs is 2. The summed E-state index contributed by atoms with van der Waals surface area (Å²) < 4.78 is 2.13. The van der Waals surface area contributed by atoms with Crippen LogP contribution in [0.4, 0.5) is 0 Å². The molecule has 22 heavy (non-hydrogen) atoms. The third-order valence-corrected chi connectivity index (χ3v) is 4.33. The van der Waals surface area contributed by atoms with Crippen LogP contribution in [0.2, 0.25) is 0 Å². The molecule has 3 aromatic rings. The quantitative estimate of drug-likeness (QED) is 0.776. The van der Waals surface area contributed by atoms with Gasteiger partial charge in [-0.1, -0.05) is 18.2 Å². The molecule has 3 heterocycles. The van der Waals surface area contributed by atoms with Crippen molar-refractivity contribution in [2.75, 3.05) is 0 Å². The average Bonchev–Trinajstić information content (AvgIpc) is 3.14. The van der Waals surface area contributed by atoms with E-state index in [4.69, 9.17) is 0 Å². The van der Waals surface area contributed by atoms with E-state index in [0.29, 0.717) is 6.42 Å². The third-order valence-electron chi connectivity index (χ3n) is 4.33. The highest BCUT2D eigenvalue weighted by Crippen LogP contribution is 2.18. The Morgan fingerprint density at radius 2 is 2.32 bits per heavy atom. The van der Waals surface area contributed by atoms with Crippen molar-refractivity contribution in [3.8, 4) is 0 Å². The van der Waals surface area contributed by atoms with Gasteiger partial charge >= 0.3 is 0 Å². The fourth-order valence-corrected chi connectivity index (χ4v) is 3.21. The molecule has 0 saturated carbocycles. The van der Waals surface area contributed by atoms with Crippen LogP contribution in [0, 0.1) is 0 Å². The lowest BCUT2D eigenvalue weighted by Crippen LogP contribution is -2.41. The minimum Gasteiger partial charge on any atom is -0.361 e. The normalized spacial score (nSPS) is 17.4. The number of benzene rings is 1. The van der Waals surface area contributed by atoms with E-state index >= 15 is 0 Å². The van der Waals surface area contributed by atoms with E-state index in [2.05, 4.69) is 19.9 Å². The van der Waals surface area contributed by atoms with Crippen LogP contribution in [0.5, 0.6) is 0 Å². The molecule has 1 aliphatic rings. The van der Waals surface area contributed by atoms with Gasteiger partial charge in [0.2, 0.25) is 5.91 Å². The van der Waals surface area contributed by atoms with Gasteiger partial charge in [-0.3, -0.25) is 4.79 Å². The molecule has 2 N–H and O–H groups in total. The number of nitrogens with one attached hydrogen (secondary N) is 2. The molecule has 0 radical (unpaired) electrons. The first-order valence-corrected chi connectivity index (χ1v) is 7.64. The molecule has 5 nitrogen and oxygen atoms in total. The van der Waals surface area contributed by atoms with E-state index in [1.807, 2.05) is 42.9 Å². The van der Waals surface area contributed by atoms with E-state index in [1.54, 1.807) is 0 Å². The number of nitrogens with zero attached hydrogens (tertiary/aromatic N) is 2. The summed E-state index contributed by atoms with van der Waals surface area (Å²) in [5.41, 5.74) is 2.12.